The second-order valence-corrected chi connectivity index (χ2v) is 7.07. The monoisotopic (exact) mass is 353 g/mol. The standard InChI is InChI=1S/C19H19N3O2S/c1-13-4-2-3-5-15(13)18(23)21-19-20-16-7-6-14(12-17(16)25-19)22-8-10-24-11-9-22/h2-7,12H,8-11H2,1H3,(H,20,21,23). The van der Waals surface area contributed by atoms with E-state index in [0.717, 1.165) is 42.1 Å². The molecule has 6 heteroatoms. The fourth-order valence-electron chi connectivity index (χ4n) is 2.98. The van der Waals surface area contributed by atoms with Crippen molar-refractivity contribution in [1.29, 1.82) is 0 Å². The third-order valence-corrected chi connectivity index (χ3v) is 5.29. The van der Waals surface area contributed by atoms with Crippen molar-refractivity contribution in [2.45, 2.75) is 6.92 Å². The molecule has 0 saturated carbocycles. The van der Waals surface area contributed by atoms with E-state index in [0.29, 0.717) is 10.7 Å². The summed E-state index contributed by atoms with van der Waals surface area (Å²) in [6.07, 6.45) is 0. The Balaban J connectivity index is 1.56. The molecule has 0 spiro atoms. The molecule has 4 rings (SSSR count). The molecule has 0 atom stereocenters. The summed E-state index contributed by atoms with van der Waals surface area (Å²) in [6, 6.07) is 13.8. The number of carbonyl (C=O) groups is 1. The Kier molecular flexibility index (Phi) is 4.38. The molecule has 1 aliphatic rings. The lowest BCUT2D eigenvalue weighted by Gasteiger charge is -2.28. The van der Waals surface area contributed by atoms with Crippen LogP contribution in [0.1, 0.15) is 15.9 Å². The van der Waals surface area contributed by atoms with Gasteiger partial charge in [0.25, 0.3) is 5.91 Å². The summed E-state index contributed by atoms with van der Waals surface area (Å²) in [4.78, 5) is 19.3. The molecule has 1 amide bonds. The molecule has 0 bridgehead atoms. The summed E-state index contributed by atoms with van der Waals surface area (Å²) in [5.41, 5.74) is 3.71. The molecule has 0 radical (unpaired) electrons. The van der Waals surface area contributed by atoms with Gasteiger partial charge in [-0.2, -0.15) is 0 Å². The van der Waals surface area contributed by atoms with E-state index < -0.39 is 0 Å². The van der Waals surface area contributed by atoms with Crippen molar-refractivity contribution in [3.63, 3.8) is 0 Å². The molecule has 128 valence electrons. The van der Waals surface area contributed by atoms with Gasteiger partial charge in [-0.3, -0.25) is 10.1 Å². The van der Waals surface area contributed by atoms with Crippen molar-refractivity contribution in [3.05, 3.63) is 53.6 Å². The molecule has 1 saturated heterocycles. The highest BCUT2D eigenvalue weighted by atomic mass is 32.1. The fraction of sp³-hybridized carbons (Fsp3) is 0.263. The molecule has 1 fully saturated rings. The first kappa shape index (κ1) is 16.1. The predicted molar refractivity (Wildman–Crippen MR) is 102 cm³/mol. The Bertz CT molecular complexity index is 916. The zero-order chi connectivity index (χ0) is 17.2. The van der Waals surface area contributed by atoms with Crippen LogP contribution in [-0.4, -0.2) is 37.2 Å². The van der Waals surface area contributed by atoms with Crippen LogP contribution in [0.4, 0.5) is 10.8 Å². The van der Waals surface area contributed by atoms with E-state index in [-0.39, 0.29) is 5.91 Å². The number of amides is 1. The lowest BCUT2D eigenvalue weighted by atomic mass is 10.1. The average Bonchev–Trinajstić information content (AvgIpc) is 3.04. The first-order chi connectivity index (χ1) is 12.2. The average molecular weight is 353 g/mol. The molecule has 3 aromatic rings. The van der Waals surface area contributed by atoms with Gasteiger partial charge in [-0.25, -0.2) is 4.98 Å². The van der Waals surface area contributed by atoms with Gasteiger partial charge in [-0.15, -0.1) is 0 Å². The second kappa shape index (κ2) is 6.82. The summed E-state index contributed by atoms with van der Waals surface area (Å²) in [5, 5.41) is 3.55. The summed E-state index contributed by atoms with van der Waals surface area (Å²) >= 11 is 1.50. The summed E-state index contributed by atoms with van der Waals surface area (Å²) in [5.74, 6) is -0.120. The number of nitrogens with zero attached hydrogens (tertiary/aromatic N) is 2. The third-order valence-electron chi connectivity index (χ3n) is 4.36. The number of aromatic nitrogens is 1. The maximum Gasteiger partial charge on any atom is 0.257 e. The number of thiazole rings is 1. The Morgan fingerprint density at radius 2 is 2.00 bits per heavy atom. The molecule has 1 aliphatic heterocycles. The van der Waals surface area contributed by atoms with Crippen LogP contribution in [-0.2, 0) is 4.74 Å². The van der Waals surface area contributed by atoms with E-state index >= 15 is 0 Å². The number of fused-ring (bicyclic) bond motifs is 1. The van der Waals surface area contributed by atoms with Crippen molar-refractivity contribution in [2.24, 2.45) is 0 Å². The van der Waals surface area contributed by atoms with Crippen LogP contribution < -0.4 is 10.2 Å². The lowest BCUT2D eigenvalue weighted by Crippen LogP contribution is -2.36. The molecule has 2 aromatic carbocycles. The maximum atomic E-state index is 12.5. The Morgan fingerprint density at radius 3 is 2.80 bits per heavy atom. The van der Waals surface area contributed by atoms with Gasteiger partial charge in [0.15, 0.2) is 5.13 Å². The number of rotatable bonds is 3. The van der Waals surface area contributed by atoms with Crippen LogP contribution in [0.15, 0.2) is 42.5 Å². The van der Waals surface area contributed by atoms with Crippen LogP contribution in [0.25, 0.3) is 10.2 Å². The predicted octanol–water partition coefficient (Wildman–Crippen LogP) is 3.69. The van der Waals surface area contributed by atoms with Crippen molar-refractivity contribution in [1.82, 2.24) is 4.98 Å². The second-order valence-electron chi connectivity index (χ2n) is 6.04. The van der Waals surface area contributed by atoms with Gasteiger partial charge in [-0.1, -0.05) is 29.5 Å². The molecule has 1 aromatic heterocycles. The molecule has 1 N–H and O–H groups in total. The van der Waals surface area contributed by atoms with E-state index in [1.165, 1.54) is 17.0 Å². The Labute approximate surface area is 150 Å². The number of anilines is 2. The van der Waals surface area contributed by atoms with Gasteiger partial charge in [0.2, 0.25) is 0 Å². The number of hydrogen-bond donors (Lipinski definition) is 1. The van der Waals surface area contributed by atoms with Crippen LogP contribution in [0.5, 0.6) is 0 Å². The molecule has 25 heavy (non-hydrogen) atoms. The number of carbonyl (C=O) groups excluding carboxylic acids is 1. The SMILES string of the molecule is Cc1ccccc1C(=O)Nc1nc2ccc(N3CCOCC3)cc2s1. The Morgan fingerprint density at radius 1 is 1.20 bits per heavy atom. The third kappa shape index (κ3) is 3.36. The van der Waals surface area contributed by atoms with Crippen molar-refractivity contribution < 1.29 is 9.53 Å². The normalized spacial score (nSPS) is 14.7. The van der Waals surface area contributed by atoms with Crippen LogP contribution in [0.2, 0.25) is 0 Å². The van der Waals surface area contributed by atoms with Gasteiger partial charge in [0.1, 0.15) is 0 Å². The van der Waals surface area contributed by atoms with E-state index in [4.69, 9.17) is 4.74 Å². The zero-order valence-corrected chi connectivity index (χ0v) is 14.8. The molecule has 0 aliphatic carbocycles. The summed E-state index contributed by atoms with van der Waals surface area (Å²) in [6.45, 7) is 5.27. The number of morpholine rings is 1. The Hall–Kier alpha value is -2.44. The minimum atomic E-state index is -0.120. The fourth-order valence-corrected chi connectivity index (χ4v) is 3.87. The minimum Gasteiger partial charge on any atom is -0.378 e. The quantitative estimate of drug-likeness (QED) is 0.780. The van der Waals surface area contributed by atoms with Gasteiger partial charge in [-0.05, 0) is 36.8 Å². The molecule has 2 heterocycles. The van der Waals surface area contributed by atoms with Crippen molar-refractivity contribution >= 4 is 38.3 Å². The lowest BCUT2D eigenvalue weighted by molar-refractivity contribution is 0.102. The molecule has 5 nitrogen and oxygen atoms in total. The molecular weight excluding hydrogens is 334 g/mol. The van der Waals surface area contributed by atoms with E-state index in [1.807, 2.05) is 37.3 Å². The van der Waals surface area contributed by atoms with Gasteiger partial charge in [0, 0.05) is 24.3 Å². The van der Waals surface area contributed by atoms with Crippen LogP contribution >= 0.6 is 11.3 Å². The van der Waals surface area contributed by atoms with Gasteiger partial charge < -0.3 is 9.64 Å². The smallest absolute Gasteiger partial charge is 0.257 e. The van der Waals surface area contributed by atoms with Crippen molar-refractivity contribution in [2.75, 3.05) is 36.5 Å². The maximum absolute atomic E-state index is 12.5. The number of benzene rings is 2. The summed E-state index contributed by atoms with van der Waals surface area (Å²) < 4.78 is 6.48. The highest BCUT2D eigenvalue weighted by Gasteiger charge is 2.14. The number of ether oxygens (including phenoxy) is 1. The van der Waals surface area contributed by atoms with Gasteiger partial charge >= 0.3 is 0 Å². The first-order valence-electron chi connectivity index (χ1n) is 8.31. The minimum absolute atomic E-state index is 0.120. The highest BCUT2D eigenvalue weighted by Crippen LogP contribution is 2.30. The number of aryl methyl sites for hydroxylation is 1. The molecule has 0 unspecified atom stereocenters. The zero-order valence-electron chi connectivity index (χ0n) is 14.0. The van der Waals surface area contributed by atoms with E-state index in [2.05, 4.69) is 27.3 Å². The van der Waals surface area contributed by atoms with Crippen LogP contribution in [0, 0.1) is 6.92 Å². The first-order valence-corrected chi connectivity index (χ1v) is 9.12. The van der Waals surface area contributed by atoms with Crippen molar-refractivity contribution in [3.8, 4) is 0 Å². The van der Waals surface area contributed by atoms with Crippen LogP contribution in [0.3, 0.4) is 0 Å². The summed E-state index contributed by atoms with van der Waals surface area (Å²) in [7, 11) is 0. The highest BCUT2D eigenvalue weighted by molar-refractivity contribution is 7.22. The number of hydrogen-bond acceptors (Lipinski definition) is 5. The van der Waals surface area contributed by atoms with E-state index in [1.54, 1.807) is 0 Å². The van der Waals surface area contributed by atoms with E-state index in [9.17, 15) is 4.79 Å². The van der Waals surface area contributed by atoms with Gasteiger partial charge in [0.05, 0.1) is 23.4 Å². The largest absolute Gasteiger partial charge is 0.378 e. The number of nitrogens with one attached hydrogen (secondary N) is 1. The molecular formula is C19H19N3O2S. The topological polar surface area (TPSA) is 54.5 Å².